The number of benzene rings is 2. The Balaban J connectivity index is 2.11. The van der Waals surface area contributed by atoms with Crippen LogP contribution in [0.1, 0.15) is 21.5 Å². The van der Waals surface area contributed by atoms with Gasteiger partial charge >= 0.3 is 0 Å². The first-order valence-electron chi connectivity index (χ1n) is 8.21. The van der Waals surface area contributed by atoms with Crippen LogP contribution in [0.5, 0.6) is 11.5 Å². The van der Waals surface area contributed by atoms with Crippen molar-refractivity contribution < 1.29 is 19.1 Å². The van der Waals surface area contributed by atoms with E-state index in [0.717, 1.165) is 11.1 Å². The van der Waals surface area contributed by atoms with Crippen molar-refractivity contribution in [3.63, 3.8) is 0 Å². The third-order valence-corrected chi connectivity index (χ3v) is 3.78. The van der Waals surface area contributed by atoms with Gasteiger partial charge in [-0.1, -0.05) is 23.8 Å². The van der Waals surface area contributed by atoms with Crippen molar-refractivity contribution in [3.8, 4) is 11.5 Å². The first-order valence-corrected chi connectivity index (χ1v) is 8.21. The molecule has 0 aromatic heterocycles. The molecule has 0 fully saturated rings. The molecule has 26 heavy (non-hydrogen) atoms. The van der Waals surface area contributed by atoms with Gasteiger partial charge in [0.25, 0.3) is 5.91 Å². The summed E-state index contributed by atoms with van der Waals surface area (Å²) in [4.78, 5) is 25.5. The smallest absolute Gasteiger partial charge is 0.259 e. The minimum absolute atomic E-state index is 0.0685. The maximum Gasteiger partial charge on any atom is 0.259 e. The molecule has 2 rings (SSSR count). The second kappa shape index (κ2) is 8.85. The Morgan fingerprint density at radius 2 is 1.88 bits per heavy atom. The van der Waals surface area contributed by atoms with Crippen molar-refractivity contribution in [2.45, 2.75) is 6.92 Å². The molecule has 136 valence electrons. The van der Waals surface area contributed by atoms with Crippen molar-refractivity contribution in [3.05, 3.63) is 65.2 Å². The largest absolute Gasteiger partial charge is 0.496 e. The fourth-order valence-electron chi connectivity index (χ4n) is 2.26. The van der Waals surface area contributed by atoms with E-state index in [0.29, 0.717) is 17.1 Å². The number of rotatable bonds is 7. The average molecular weight is 353 g/mol. The molecule has 0 spiro atoms. The number of carbonyl (C=O) groups is 2. The van der Waals surface area contributed by atoms with E-state index in [1.165, 1.54) is 11.0 Å². The molecule has 0 aliphatic carbocycles. The Morgan fingerprint density at radius 1 is 1.12 bits per heavy atom. The van der Waals surface area contributed by atoms with E-state index < -0.39 is 0 Å². The lowest BCUT2D eigenvalue weighted by molar-refractivity contribution is -0.130. The number of likely N-dealkylation sites (N-methyl/N-ethyl adjacent to an activating group) is 1. The summed E-state index contributed by atoms with van der Waals surface area (Å²) < 4.78 is 10.8. The second-order valence-electron chi connectivity index (χ2n) is 6.05. The summed E-state index contributed by atoms with van der Waals surface area (Å²) in [7, 11) is 4.92. The molecule has 0 atom stereocenters. The van der Waals surface area contributed by atoms with Crippen molar-refractivity contribution in [1.82, 2.24) is 4.90 Å². The topological polar surface area (TPSA) is 55.8 Å². The maximum atomic E-state index is 12.4. The zero-order chi connectivity index (χ0) is 19.1. The SMILES string of the molecule is COc1ccc(C)cc1/C=C/C(=O)c1cccc(OCC(=O)N(C)C)c1. The number of hydrogen-bond acceptors (Lipinski definition) is 4. The van der Waals surface area contributed by atoms with Gasteiger partial charge in [-0.15, -0.1) is 0 Å². The lowest BCUT2D eigenvalue weighted by atomic mass is 10.1. The highest BCUT2D eigenvalue weighted by Gasteiger charge is 2.08. The van der Waals surface area contributed by atoms with Crippen molar-refractivity contribution in [1.29, 1.82) is 0 Å². The van der Waals surface area contributed by atoms with E-state index in [1.54, 1.807) is 51.5 Å². The van der Waals surface area contributed by atoms with Crippen molar-refractivity contribution in [2.24, 2.45) is 0 Å². The molecule has 2 aromatic carbocycles. The Kier molecular flexibility index (Phi) is 6.55. The van der Waals surface area contributed by atoms with Gasteiger partial charge in [0.15, 0.2) is 12.4 Å². The predicted octanol–water partition coefficient (Wildman–Crippen LogP) is 3.37. The Hall–Kier alpha value is -3.08. The van der Waals surface area contributed by atoms with Crippen LogP contribution in [-0.4, -0.2) is 44.4 Å². The molecule has 5 heteroatoms. The highest BCUT2D eigenvalue weighted by molar-refractivity contribution is 6.07. The normalized spacial score (nSPS) is 10.6. The molecule has 0 unspecified atom stereocenters. The van der Waals surface area contributed by atoms with Gasteiger partial charge in [-0.25, -0.2) is 0 Å². The minimum Gasteiger partial charge on any atom is -0.496 e. The van der Waals surface area contributed by atoms with Crippen LogP contribution in [0, 0.1) is 6.92 Å². The van der Waals surface area contributed by atoms with Gasteiger partial charge in [0, 0.05) is 25.2 Å². The van der Waals surface area contributed by atoms with E-state index in [2.05, 4.69) is 0 Å². The fraction of sp³-hybridized carbons (Fsp3) is 0.238. The maximum absolute atomic E-state index is 12.4. The summed E-state index contributed by atoms with van der Waals surface area (Å²) in [6, 6.07) is 12.6. The van der Waals surface area contributed by atoms with Gasteiger partial charge in [0.1, 0.15) is 11.5 Å². The predicted molar refractivity (Wildman–Crippen MR) is 102 cm³/mol. The van der Waals surface area contributed by atoms with E-state index in [4.69, 9.17) is 9.47 Å². The number of ether oxygens (including phenoxy) is 2. The summed E-state index contributed by atoms with van der Waals surface area (Å²) in [6.07, 6.45) is 3.23. The molecule has 0 saturated carbocycles. The summed E-state index contributed by atoms with van der Waals surface area (Å²) in [6.45, 7) is 1.91. The van der Waals surface area contributed by atoms with Crippen molar-refractivity contribution in [2.75, 3.05) is 27.8 Å². The lowest BCUT2D eigenvalue weighted by Gasteiger charge is -2.11. The van der Waals surface area contributed by atoms with Gasteiger partial charge in [-0.3, -0.25) is 9.59 Å². The fourth-order valence-corrected chi connectivity index (χ4v) is 2.26. The van der Waals surface area contributed by atoms with E-state index >= 15 is 0 Å². The number of ketones is 1. The van der Waals surface area contributed by atoms with Gasteiger partial charge < -0.3 is 14.4 Å². The highest BCUT2D eigenvalue weighted by Crippen LogP contribution is 2.21. The van der Waals surface area contributed by atoms with Crippen LogP contribution in [0.2, 0.25) is 0 Å². The van der Waals surface area contributed by atoms with Gasteiger partial charge in [-0.05, 0) is 43.3 Å². The first-order chi connectivity index (χ1) is 12.4. The van der Waals surface area contributed by atoms with Crippen LogP contribution in [-0.2, 0) is 4.79 Å². The van der Waals surface area contributed by atoms with Crippen LogP contribution in [0.4, 0.5) is 0 Å². The van der Waals surface area contributed by atoms with Crippen LogP contribution in [0.15, 0.2) is 48.5 Å². The number of allylic oxidation sites excluding steroid dienone is 1. The van der Waals surface area contributed by atoms with Crippen LogP contribution < -0.4 is 9.47 Å². The molecular formula is C21H23NO4. The van der Waals surface area contributed by atoms with Gasteiger partial charge in [0.05, 0.1) is 7.11 Å². The molecule has 2 aromatic rings. The number of amides is 1. The third-order valence-electron chi connectivity index (χ3n) is 3.78. The van der Waals surface area contributed by atoms with Crippen molar-refractivity contribution >= 4 is 17.8 Å². The molecule has 1 amide bonds. The zero-order valence-electron chi connectivity index (χ0n) is 15.5. The summed E-state index contributed by atoms with van der Waals surface area (Å²) in [5.74, 6) is 0.887. The third kappa shape index (κ3) is 5.21. The summed E-state index contributed by atoms with van der Waals surface area (Å²) in [5.41, 5.74) is 2.41. The molecule has 5 nitrogen and oxygen atoms in total. The summed E-state index contributed by atoms with van der Waals surface area (Å²) in [5, 5.41) is 0. The average Bonchev–Trinajstić information content (AvgIpc) is 2.64. The number of hydrogen-bond donors (Lipinski definition) is 0. The number of nitrogens with zero attached hydrogens (tertiary/aromatic N) is 1. The Morgan fingerprint density at radius 3 is 2.58 bits per heavy atom. The van der Waals surface area contributed by atoms with Crippen LogP contribution in [0.3, 0.4) is 0 Å². The molecule has 0 bridgehead atoms. The van der Waals surface area contributed by atoms with Gasteiger partial charge in [0.2, 0.25) is 0 Å². The summed E-state index contributed by atoms with van der Waals surface area (Å²) >= 11 is 0. The van der Waals surface area contributed by atoms with Crippen LogP contribution >= 0.6 is 0 Å². The second-order valence-corrected chi connectivity index (χ2v) is 6.05. The first kappa shape index (κ1) is 19.2. The lowest BCUT2D eigenvalue weighted by Crippen LogP contribution is -2.27. The molecule has 0 heterocycles. The van der Waals surface area contributed by atoms with E-state index in [9.17, 15) is 9.59 Å². The molecule has 0 aliphatic rings. The number of carbonyl (C=O) groups excluding carboxylic acids is 2. The molecule has 0 radical (unpaired) electrons. The molecule has 0 saturated heterocycles. The Bertz CT molecular complexity index is 825. The van der Waals surface area contributed by atoms with E-state index in [1.807, 2.05) is 25.1 Å². The van der Waals surface area contributed by atoms with Gasteiger partial charge in [-0.2, -0.15) is 0 Å². The molecule has 0 N–H and O–H groups in total. The quantitative estimate of drug-likeness (QED) is 0.566. The monoisotopic (exact) mass is 353 g/mol. The van der Waals surface area contributed by atoms with E-state index in [-0.39, 0.29) is 18.3 Å². The number of aryl methyl sites for hydroxylation is 1. The highest BCUT2D eigenvalue weighted by atomic mass is 16.5. The zero-order valence-corrected chi connectivity index (χ0v) is 15.5. The number of methoxy groups -OCH3 is 1. The van der Waals surface area contributed by atoms with Crippen LogP contribution in [0.25, 0.3) is 6.08 Å². The standard InChI is InChI=1S/C21H23NO4/c1-15-8-11-20(25-4)17(12-15)9-10-19(23)16-6-5-7-18(13-16)26-14-21(24)22(2)3/h5-13H,14H2,1-4H3/b10-9+. The Labute approximate surface area is 153 Å². The minimum atomic E-state index is -0.155. The molecular weight excluding hydrogens is 330 g/mol. The molecule has 0 aliphatic heterocycles.